The van der Waals surface area contributed by atoms with E-state index in [1.54, 1.807) is 7.11 Å². The Morgan fingerprint density at radius 3 is 2.66 bits per heavy atom. The highest BCUT2D eigenvalue weighted by Gasteiger charge is 2.70. The zero-order chi connectivity index (χ0) is 20.9. The molecule has 0 aromatic heterocycles. The molecule has 3 amide bonds. The molecule has 0 aliphatic carbocycles. The molecule has 7 heteroatoms. The SMILES string of the molecule is COCCCN1C(=O)C2C(CC(C)C)NC3(C(=O)Nc4c(C)cccc43)C2C1=O. The fraction of sp³-hybridized carbons (Fsp3) is 0.591. The normalized spacial score (nSPS) is 30.4. The van der Waals surface area contributed by atoms with Crippen molar-refractivity contribution in [1.82, 2.24) is 10.2 Å². The first-order valence-electron chi connectivity index (χ1n) is 10.4. The number of hydrogen-bond donors (Lipinski definition) is 2. The number of ether oxygens (including phenoxy) is 1. The first-order chi connectivity index (χ1) is 13.8. The molecule has 2 N–H and O–H groups in total. The fourth-order valence-electron chi connectivity index (χ4n) is 5.33. The smallest absolute Gasteiger partial charge is 0.250 e. The van der Waals surface area contributed by atoms with Crippen LogP contribution in [0.2, 0.25) is 0 Å². The number of benzene rings is 1. The molecule has 2 fully saturated rings. The van der Waals surface area contributed by atoms with Crippen LogP contribution in [0.4, 0.5) is 5.69 Å². The molecule has 1 aromatic carbocycles. The van der Waals surface area contributed by atoms with Crippen LogP contribution in [-0.2, 0) is 24.7 Å². The molecule has 2 saturated heterocycles. The van der Waals surface area contributed by atoms with Crippen LogP contribution in [0.3, 0.4) is 0 Å². The molecule has 156 valence electrons. The van der Waals surface area contributed by atoms with E-state index in [1.807, 2.05) is 25.1 Å². The van der Waals surface area contributed by atoms with Crippen molar-refractivity contribution in [2.75, 3.05) is 25.6 Å². The maximum absolute atomic E-state index is 13.5. The predicted molar refractivity (Wildman–Crippen MR) is 108 cm³/mol. The molecule has 4 unspecified atom stereocenters. The van der Waals surface area contributed by atoms with E-state index in [1.165, 1.54) is 4.90 Å². The minimum Gasteiger partial charge on any atom is -0.385 e. The molecule has 4 rings (SSSR count). The minimum absolute atomic E-state index is 0.167. The van der Waals surface area contributed by atoms with E-state index in [4.69, 9.17) is 4.74 Å². The van der Waals surface area contributed by atoms with E-state index < -0.39 is 17.4 Å². The van der Waals surface area contributed by atoms with Gasteiger partial charge in [0.05, 0.1) is 11.8 Å². The number of nitrogens with one attached hydrogen (secondary N) is 2. The lowest BCUT2D eigenvalue weighted by Gasteiger charge is -2.30. The van der Waals surface area contributed by atoms with E-state index in [0.29, 0.717) is 25.5 Å². The number of hydrogen-bond acceptors (Lipinski definition) is 5. The largest absolute Gasteiger partial charge is 0.385 e. The van der Waals surface area contributed by atoms with Gasteiger partial charge in [-0.25, -0.2) is 0 Å². The Morgan fingerprint density at radius 1 is 1.21 bits per heavy atom. The molecule has 7 nitrogen and oxygen atoms in total. The summed E-state index contributed by atoms with van der Waals surface area (Å²) in [5, 5.41) is 6.46. The van der Waals surface area contributed by atoms with E-state index in [-0.39, 0.29) is 23.8 Å². The third-order valence-corrected chi connectivity index (χ3v) is 6.51. The van der Waals surface area contributed by atoms with Crippen LogP contribution in [-0.4, -0.2) is 48.9 Å². The molecule has 4 atom stereocenters. The van der Waals surface area contributed by atoms with Gasteiger partial charge in [-0.1, -0.05) is 32.0 Å². The van der Waals surface area contributed by atoms with E-state index >= 15 is 0 Å². The molecule has 1 spiro atoms. The number of nitrogens with zero attached hydrogens (tertiary/aromatic N) is 1. The number of likely N-dealkylation sites (tertiary alicyclic amines) is 1. The Kier molecular flexibility index (Phi) is 4.99. The van der Waals surface area contributed by atoms with E-state index in [2.05, 4.69) is 24.5 Å². The van der Waals surface area contributed by atoms with Gasteiger partial charge in [-0.15, -0.1) is 0 Å². The number of amides is 3. The summed E-state index contributed by atoms with van der Waals surface area (Å²) in [4.78, 5) is 41.4. The highest BCUT2D eigenvalue weighted by atomic mass is 16.5. The highest BCUT2D eigenvalue weighted by molar-refractivity contribution is 6.15. The topological polar surface area (TPSA) is 87.7 Å². The van der Waals surface area contributed by atoms with Gasteiger partial charge in [-0.3, -0.25) is 24.6 Å². The zero-order valence-corrected chi connectivity index (χ0v) is 17.5. The van der Waals surface area contributed by atoms with Crippen LogP contribution in [0.25, 0.3) is 0 Å². The lowest BCUT2D eigenvalue weighted by molar-refractivity contribution is -0.143. The molecule has 0 bridgehead atoms. The van der Waals surface area contributed by atoms with Crippen LogP contribution < -0.4 is 10.6 Å². The second-order valence-corrected chi connectivity index (χ2v) is 8.82. The summed E-state index contributed by atoms with van der Waals surface area (Å²) in [6.07, 6.45) is 1.31. The van der Waals surface area contributed by atoms with Crippen LogP contribution >= 0.6 is 0 Å². The summed E-state index contributed by atoms with van der Waals surface area (Å²) in [5.41, 5.74) is 1.30. The van der Waals surface area contributed by atoms with Crippen LogP contribution in [0.5, 0.6) is 0 Å². The number of imide groups is 1. The Balaban J connectivity index is 1.79. The highest BCUT2D eigenvalue weighted by Crippen LogP contribution is 2.54. The first-order valence-corrected chi connectivity index (χ1v) is 10.4. The molecule has 3 heterocycles. The molecule has 3 aliphatic heterocycles. The number of methoxy groups -OCH3 is 1. The number of anilines is 1. The van der Waals surface area contributed by atoms with Gasteiger partial charge in [-0.05, 0) is 31.2 Å². The number of fused-ring (bicyclic) bond motifs is 4. The number of carbonyl (C=O) groups is 3. The molecule has 3 aliphatic rings. The van der Waals surface area contributed by atoms with Crippen molar-refractivity contribution in [3.63, 3.8) is 0 Å². The molecule has 0 radical (unpaired) electrons. The van der Waals surface area contributed by atoms with Crippen LogP contribution in [0.15, 0.2) is 18.2 Å². The summed E-state index contributed by atoms with van der Waals surface area (Å²) < 4.78 is 5.08. The Hall–Kier alpha value is -2.25. The summed E-state index contributed by atoms with van der Waals surface area (Å²) in [5.74, 6) is -1.56. The summed E-state index contributed by atoms with van der Waals surface area (Å²) >= 11 is 0. The van der Waals surface area contributed by atoms with Crippen molar-refractivity contribution in [3.8, 4) is 0 Å². The van der Waals surface area contributed by atoms with Crippen molar-refractivity contribution in [2.45, 2.75) is 45.2 Å². The second kappa shape index (κ2) is 7.22. The standard InChI is InChI=1S/C22H29N3O4/c1-12(2)11-15-16-17(20(27)25(19(16)26)9-6-10-29-4)22(24-15)14-8-5-7-13(3)18(14)23-21(22)28/h5,7-8,12,15-17,24H,6,9-11H2,1-4H3,(H,23,28). The van der Waals surface area contributed by atoms with Crippen molar-refractivity contribution >= 4 is 23.4 Å². The van der Waals surface area contributed by atoms with Gasteiger partial charge in [0.1, 0.15) is 5.54 Å². The Morgan fingerprint density at radius 2 is 1.97 bits per heavy atom. The van der Waals surface area contributed by atoms with E-state index in [0.717, 1.165) is 23.2 Å². The van der Waals surface area contributed by atoms with Crippen molar-refractivity contribution in [2.24, 2.45) is 17.8 Å². The minimum atomic E-state index is -1.19. The number of para-hydroxylation sites is 1. The third-order valence-electron chi connectivity index (χ3n) is 6.51. The van der Waals surface area contributed by atoms with Gasteiger partial charge in [0.15, 0.2) is 0 Å². The Labute approximate surface area is 171 Å². The van der Waals surface area contributed by atoms with Gasteiger partial charge in [0.2, 0.25) is 17.7 Å². The van der Waals surface area contributed by atoms with Crippen molar-refractivity contribution in [3.05, 3.63) is 29.3 Å². The Bertz CT molecular complexity index is 868. The van der Waals surface area contributed by atoms with Gasteiger partial charge in [0.25, 0.3) is 0 Å². The maximum Gasteiger partial charge on any atom is 0.250 e. The summed E-state index contributed by atoms with van der Waals surface area (Å²) in [6, 6.07) is 5.52. The average molecular weight is 399 g/mol. The summed E-state index contributed by atoms with van der Waals surface area (Å²) in [6.45, 7) is 6.92. The predicted octanol–water partition coefficient (Wildman–Crippen LogP) is 1.80. The lowest BCUT2D eigenvalue weighted by atomic mass is 9.76. The monoisotopic (exact) mass is 399 g/mol. The van der Waals surface area contributed by atoms with Crippen LogP contribution in [0.1, 0.15) is 37.8 Å². The van der Waals surface area contributed by atoms with Gasteiger partial charge in [-0.2, -0.15) is 0 Å². The van der Waals surface area contributed by atoms with Crippen molar-refractivity contribution < 1.29 is 19.1 Å². The maximum atomic E-state index is 13.5. The van der Waals surface area contributed by atoms with Gasteiger partial charge >= 0.3 is 0 Å². The summed E-state index contributed by atoms with van der Waals surface area (Å²) in [7, 11) is 1.60. The lowest BCUT2D eigenvalue weighted by Crippen LogP contribution is -2.53. The quantitative estimate of drug-likeness (QED) is 0.563. The van der Waals surface area contributed by atoms with Gasteiger partial charge < -0.3 is 10.1 Å². The van der Waals surface area contributed by atoms with Crippen LogP contribution in [0, 0.1) is 24.7 Å². The zero-order valence-electron chi connectivity index (χ0n) is 17.5. The molecule has 29 heavy (non-hydrogen) atoms. The van der Waals surface area contributed by atoms with Crippen molar-refractivity contribution in [1.29, 1.82) is 0 Å². The number of carbonyl (C=O) groups excluding carboxylic acids is 3. The van der Waals surface area contributed by atoms with Gasteiger partial charge in [0, 0.05) is 37.6 Å². The number of aryl methyl sites for hydroxylation is 1. The van der Waals surface area contributed by atoms with E-state index in [9.17, 15) is 14.4 Å². The molecule has 0 saturated carbocycles. The molecular weight excluding hydrogens is 370 g/mol. The molecule has 1 aromatic rings. The first kappa shape index (κ1) is 20.0. The molecular formula is C22H29N3O4. The fourth-order valence-corrected chi connectivity index (χ4v) is 5.33. The third kappa shape index (κ3) is 2.82. The second-order valence-electron chi connectivity index (χ2n) is 8.82. The number of rotatable bonds is 6. The average Bonchev–Trinajstić information content (AvgIpc) is 3.23.